The maximum Gasteiger partial charge on any atom is 0.311 e. The van der Waals surface area contributed by atoms with Crippen LogP contribution in [0.2, 0.25) is 0 Å². The van der Waals surface area contributed by atoms with Crippen molar-refractivity contribution in [3.63, 3.8) is 0 Å². The number of esters is 1. The molecule has 1 aromatic carbocycles. The Morgan fingerprint density at radius 1 is 0.948 bits per heavy atom. The van der Waals surface area contributed by atoms with Crippen molar-refractivity contribution in [3.8, 4) is 11.1 Å². The molecule has 434 valence electrons. The van der Waals surface area contributed by atoms with Crippen molar-refractivity contribution in [3.05, 3.63) is 54.1 Å². The van der Waals surface area contributed by atoms with Crippen LogP contribution in [-0.2, 0) is 44.4 Å². The summed E-state index contributed by atoms with van der Waals surface area (Å²) in [6, 6.07) is 5.56. The van der Waals surface area contributed by atoms with E-state index in [9.17, 15) is 34.7 Å². The van der Waals surface area contributed by atoms with Crippen LogP contribution in [0, 0.1) is 17.8 Å². The van der Waals surface area contributed by atoms with Gasteiger partial charge in [0.1, 0.15) is 48.8 Å². The average molecular weight is 1090 g/mol. The SMILES string of the molecule is CC[C@H]1OC(=O)[C@H](C)[C@@H](O[C@H]2C[C@@](C)(OC)[C@@H](O)[C@H](C)O2)[C@H](C)[C@@H](O[C@@H]2O[C@H](C)C[C@H](N(C)CCc3cn([C@H](CF)[C@H](OC)c4ccc(-c5cnc(N)nc5)cc4)nn3)[C@H]2O)[C@](C)(O)C[C@@H](C)CN(C)[C@H](C)[C@@H](O)[C@]1(C)O. The van der Waals surface area contributed by atoms with Crippen molar-refractivity contribution in [2.75, 3.05) is 53.8 Å². The number of halogens is 1. The van der Waals surface area contributed by atoms with Crippen LogP contribution in [0.1, 0.15) is 118 Å². The third-order valence-corrected chi connectivity index (χ3v) is 16.7. The van der Waals surface area contributed by atoms with Gasteiger partial charge in [-0.15, -0.1) is 5.10 Å². The normalized spacial score (nSPS) is 38.1. The Hall–Kier alpha value is -3.88. The molecule has 77 heavy (non-hydrogen) atoms. The molecule has 20 atom stereocenters. The Kier molecular flexibility index (Phi) is 21.2. The number of hydrogen-bond donors (Lipinski definition) is 6. The number of anilines is 1. The first-order valence-corrected chi connectivity index (χ1v) is 27.1. The second-order valence-electron chi connectivity index (χ2n) is 23.0. The van der Waals surface area contributed by atoms with Crippen LogP contribution in [0.25, 0.3) is 11.1 Å². The molecule has 3 saturated heterocycles. The number of carbonyl (C=O) groups excluding carboxylic acids is 1. The number of aliphatic hydroxyl groups excluding tert-OH is 3. The standard InChI is InChI=1S/C55H89FN8O13/c1-15-42-55(10,70)47(66)34(6)63(12)28-30(2)23-53(8,69)49(32(4)45(33(5)50(68)75-42)76-43-24-54(9,72-14)48(67)35(7)74-43)77-51-44(65)40(22-31(3)73-51)62(11)21-20-39-29-64(61-60-39)41(25-56)46(71-13)37-18-16-36(17-19-37)38-26-58-52(57)59-27-38/h16-19,26-27,29-35,40-49,51,65-67,69-70H,15,20-25,28H2,1-14H3,(H2,57,58,59)/t30-,31-,32+,33-,34-,35+,40+,41-,42-,43+,44-,45+,46-,47-,48+,49-,51+,53-,54-,55-/m1/s1. The highest BCUT2D eigenvalue weighted by Gasteiger charge is 2.53. The quantitative estimate of drug-likeness (QED) is 0.111. The van der Waals surface area contributed by atoms with E-state index in [1.807, 2.05) is 62.0 Å². The number of nitrogens with two attached hydrogens (primary N) is 1. The van der Waals surface area contributed by atoms with Gasteiger partial charge in [0.25, 0.3) is 0 Å². The van der Waals surface area contributed by atoms with E-state index in [1.54, 1.807) is 67.1 Å². The molecule has 2 aromatic heterocycles. The topological polar surface area (TPSA) is 272 Å². The minimum Gasteiger partial charge on any atom is -0.459 e. The van der Waals surface area contributed by atoms with E-state index in [0.717, 1.165) is 16.7 Å². The van der Waals surface area contributed by atoms with Gasteiger partial charge in [0.05, 0.1) is 47.2 Å². The number of ether oxygens (including phenoxy) is 7. The van der Waals surface area contributed by atoms with Crippen LogP contribution in [0.4, 0.5) is 10.3 Å². The molecule has 0 bridgehead atoms. The van der Waals surface area contributed by atoms with Gasteiger partial charge in [-0.3, -0.25) is 4.79 Å². The number of cyclic esters (lactones) is 1. The number of benzene rings is 1. The van der Waals surface area contributed by atoms with Crippen LogP contribution in [0.3, 0.4) is 0 Å². The molecule has 3 aromatic rings. The van der Waals surface area contributed by atoms with Gasteiger partial charge in [0.15, 0.2) is 12.6 Å². The van der Waals surface area contributed by atoms with Gasteiger partial charge in [-0.1, -0.05) is 50.3 Å². The first-order valence-electron chi connectivity index (χ1n) is 27.1. The molecule has 3 aliphatic heterocycles. The van der Waals surface area contributed by atoms with E-state index in [1.165, 1.54) is 25.8 Å². The summed E-state index contributed by atoms with van der Waals surface area (Å²) in [6.07, 6.45) is -4.88. The lowest BCUT2D eigenvalue weighted by Crippen LogP contribution is -2.61. The van der Waals surface area contributed by atoms with E-state index < -0.39 is 127 Å². The number of rotatable bonds is 16. The molecule has 0 aliphatic carbocycles. The number of aromatic nitrogens is 5. The second-order valence-corrected chi connectivity index (χ2v) is 23.0. The van der Waals surface area contributed by atoms with E-state index in [4.69, 9.17) is 38.9 Å². The van der Waals surface area contributed by atoms with E-state index in [2.05, 4.69) is 20.3 Å². The Morgan fingerprint density at radius 3 is 2.22 bits per heavy atom. The van der Waals surface area contributed by atoms with Crippen molar-refractivity contribution in [1.82, 2.24) is 34.8 Å². The van der Waals surface area contributed by atoms with E-state index >= 15 is 0 Å². The summed E-state index contributed by atoms with van der Waals surface area (Å²) >= 11 is 0. The third kappa shape index (κ3) is 14.4. The van der Waals surface area contributed by atoms with Crippen LogP contribution >= 0.6 is 0 Å². The highest BCUT2D eigenvalue weighted by Crippen LogP contribution is 2.41. The van der Waals surface area contributed by atoms with Crippen LogP contribution < -0.4 is 5.73 Å². The van der Waals surface area contributed by atoms with Crippen molar-refractivity contribution in [1.29, 1.82) is 0 Å². The summed E-state index contributed by atoms with van der Waals surface area (Å²) < 4.78 is 60.6. The highest BCUT2D eigenvalue weighted by molar-refractivity contribution is 5.73. The van der Waals surface area contributed by atoms with Crippen molar-refractivity contribution in [2.24, 2.45) is 17.8 Å². The number of nitrogens with zero attached hydrogens (tertiary/aromatic N) is 7. The number of alkyl halides is 1. The van der Waals surface area contributed by atoms with Crippen molar-refractivity contribution >= 4 is 11.9 Å². The van der Waals surface area contributed by atoms with Crippen LogP contribution in [-0.4, -0.2) is 205 Å². The van der Waals surface area contributed by atoms with Gasteiger partial charge in [-0.05, 0) is 98.9 Å². The van der Waals surface area contributed by atoms with Crippen LogP contribution in [0.15, 0.2) is 42.9 Å². The first kappa shape index (κ1) is 62.3. The Bertz CT molecular complexity index is 2320. The number of nitrogen functional groups attached to an aromatic ring is 1. The summed E-state index contributed by atoms with van der Waals surface area (Å²) in [5.41, 5.74) is 4.02. The smallest absolute Gasteiger partial charge is 0.311 e. The average Bonchev–Trinajstić information content (AvgIpc) is 3.87. The lowest BCUT2D eigenvalue weighted by molar-refractivity contribution is -0.318. The lowest BCUT2D eigenvalue weighted by atomic mass is 9.77. The zero-order valence-electron chi connectivity index (χ0n) is 47.6. The summed E-state index contributed by atoms with van der Waals surface area (Å²) in [5, 5.41) is 68.6. The lowest BCUT2D eigenvalue weighted by Gasteiger charge is -2.49. The molecule has 0 radical (unpaired) electrons. The predicted octanol–water partition coefficient (Wildman–Crippen LogP) is 4.04. The number of hydrogen-bond acceptors (Lipinski definition) is 20. The predicted molar refractivity (Wildman–Crippen MR) is 283 cm³/mol. The highest BCUT2D eigenvalue weighted by atomic mass is 19.1. The number of aliphatic hydroxyl groups is 5. The molecule has 5 heterocycles. The second kappa shape index (κ2) is 26.1. The molecular weight excluding hydrogens is 1000 g/mol. The number of methoxy groups -OCH3 is 2. The number of carbonyl (C=O) groups is 1. The van der Waals surface area contributed by atoms with Gasteiger partial charge >= 0.3 is 5.97 Å². The number of likely N-dealkylation sites (N-methyl/N-ethyl adjacent to an activating group) is 2. The minimum absolute atomic E-state index is 0.0792. The fourth-order valence-corrected chi connectivity index (χ4v) is 11.9. The van der Waals surface area contributed by atoms with Crippen molar-refractivity contribution in [2.45, 2.75) is 204 Å². The van der Waals surface area contributed by atoms with Crippen molar-refractivity contribution < 1.29 is 67.9 Å². The molecule has 0 saturated carbocycles. The molecule has 22 heteroatoms. The minimum atomic E-state index is -1.86. The largest absolute Gasteiger partial charge is 0.459 e. The fourth-order valence-electron chi connectivity index (χ4n) is 11.9. The van der Waals surface area contributed by atoms with E-state index in [-0.39, 0.29) is 31.1 Å². The van der Waals surface area contributed by atoms with Crippen LogP contribution in [0.5, 0.6) is 0 Å². The zero-order valence-corrected chi connectivity index (χ0v) is 47.6. The summed E-state index contributed by atoms with van der Waals surface area (Å²) in [5.74, 6) is -2.73. The summed E-state index contributed by atoms with van der Waals surface area (Å²) in [7, 11) is 6.72. The summed E-state index contributed by atoms with van der Waals surface area (Å²) in [4.78, 5) is 26.6. The summed E-state index contributed by atoms with van der Waals surface area (Å²) in [6.45, 7) is 17.4. The molecule has 0 spiro atoms. The molecule has 6 rings (SSSR count). The maximum atomic E-state index is 14.9. The first-order chi connectivity index (χ1) is 36.2. The Morgan fingerprint density at radius 2 is 1.61 bits per heavy atom. The fraction of sp³-hybridized carbons (Fsp3) is 0.764. The third-order valence-electron chi connectivity index (χ3n) is 16.7. The van der Waals surface area contributed by atoms with Gasteiger partial charge in [-0.2, -0.15) is 0 Å². The molecule has 21 nitrogen and oxygen atoms in total. The Balaban J connectivity index is 1.25. The monoisotopic (exact) mass is 1090 g/mol. The van der Waals surface area contributed by atoms with Gasteiger partial charge in [0.2, 0.25) is 5.95 Å². The van der Waals surface area contributed by atoms with Gasteiger partial charge in [-0.25, -0.2) is 19.0 Å². The molecular formula is C55H89FN8O13. The van der Waals surface area contributed by atoms with Gasteiger partial charge < -0.3 is 74.2 Å². The molecule has 7 N–H and O–H groups in total. The molecule has 0 unspecified atom stereocenters. The molecule has 0 amide bonds. The maximum absolute atomic E-state index is 14.9. The Labute approximate surface area is 453 Å². The van der Waals surface area contributed by atoms with E-state index in [0.29, 0.717) is 31.6 Å². The molecule has 3 aliphatic rings. The molecule has 3 fully saturated rings. The zero-order chi connectivity index (χ0) is 56.9. The van der Waals surface area contributed by atoms with Gasteiger partial charge in [0, 0.05) is 82.3 Å².